The van der Waals surface area contributed by atoms with E-state index in [2.05, 4.69) is 13.8 Å². The fourth-order valence-electron chi connectivity index (χ4n) is 6.51. The molecule has 1 aromatic rings. The van der Waals surface area contributed by atoms with Crippen LogP contribution < -0.4 is 0 Å². The molecule has 36 heavy (non-hydrogen) atoms. The van der Waals surface area contributed by atoms with Crippen LogP contribution >= 0.6 is 0 Å². The topological polar surface area (TPSA) is 0 Å². The molecule has 1 aromatic carbocycles. The van der Waals surface area contributed by atoms with Crippen molar-refractivity contribution in [1.82, 2.24) is 0 Å². The van der Waals surface area contributed by atoms with E-state index < -0.39 is 35.2 Å². The molecule has 0 heterocycles. The van der Waals surface area contributed by atoms with Gasteiger partial charge in [-0.1, -0.05) is 70.2 Å². The summed E-state index contributed by atoms with van der Waals surface area (Å²) in [5.74, 6) is -13.4. The highest BCUT2D eigenvalue weighted by molar-refractivity contribution is 5.28. The number of hydrogen-bond donors (Lipinski definition) is 0. The standard InChI is InChI=1S/C30H44F6/c1-3-5-7-9-22-11-16-26(17-12-22)29(33,34)30(35,36)27-19-13-23(14-20-27)24-15-18-25(10-8-6-4-2)28(31,32)21-24/h11-12,16-17,23-25,27H,3-10,13-15,18-21H2,1-2H3. The van der Waals surface area contributed by atoms with Gasteiger partial charge in [-0.25, -0.2) is 8.78 Å². The Morgan fingerprint density at radius 1 is 0.750 bits per heavy atom. The minimum atomic E-state index is -4.25. The summed E-state index contributed by atoms with van der Waals surface area (Å²) < 4.78 is 90.0. The van der Waals surface area contributed by atoms with Gasteiger partial charge in [-0.05, 0) is 75.2 Å². The van der Waals surface area contributed by atoms with Crippen molar-refractivity contribution in [3.05, 3.63) is 35.4 Å². The average Bonchev–Trinajstić information content (AvgIpc) is 2.85. The van der Waals surface area contributed by atoms with Crippen molar-refractivity contribution in [1.29, 1.82) is 0 Å². The highest BCUT2D eigenvalue weighted by Crippen LogP contribution is 2.54. The number of alkyl halides is 6. The lowest BCUT2D eigenvalue weighted by molar-refractivity contribution is -0.250. The first-order chi connectivity index (χ1) is 17.0. The third-order valence-corrected chi connectivity index (χ3v) is 8.93. The van der Waals surface area contributed by atoms with Crippen molar-refractivity contribution in [3.63, 3.8) is 0 Å². The van der Waals surface area contributed by atoms with Crippen LogP contribution in [0.1, 0.15) is 115 Å². The van der Waals surface area contributed by atoms with Crippen LogP contribution in [-0.2, 0) is 12.3 Å². The normalized spacial score (nSPS) is 27.2. The highest BCUT2D eigenvalue weighted by Gasteiger charge is 2.62. The number of halogens is 6. The SMILES string of the molecule is CCCCCc1ccc(C(F)(F)C(F)(F)C2CCC(C3CCC(CCCCC)C(F)(F)C3)CC2)cc1. The number of benzene rings is 1. The smallest absolute Gasteiger partial charge is 0.207 e. The molecule has 0 bridgehead atoms. The van der Waals surface area contributed by atoms with Crippen molar-refractivity contribution in [2.75, 3.05) is 0 Å². The summed E-state index contributed by atoms with van der Waals surface area (Å²) in [7, 11) is 0. The first-order valence-electron chi connectivity index (χ1n) is 14.3. The third kappa shape index (κ3) is 6.81. The molecular formula is C30H44F6. The van der Waals surface area contributed by atoms with Crippen molar-refractivity contribution >= 4 is 0 Å². The second-order valence-corrected chi connectivity index (χ2v) is 11.5. The quantitative estimate of drug-likeness (QED) is 0.191. The first kappa shape index (κ1) is 29.4. The highest BCUT2D eigenvalue weighted by atomic mass is 19.3. The Bertz CT molecular complexity index is 779. The monoisotopic (exact) mass is 518 g/mol. The predicted molar refractivity (Wildman–Crippen MR) is 134 cm³/mol. The molecule has 0 amide bonds. The van der Waals surface area contributed by atoms with Gasteiger partial charge in [-0.2, -0.15) is 17.6 Å². The van der Waals surface area contributed by atoms with E-state index in [1.807, 2.05) is 0 Å². The predicted octanol–water partition coefficient (Wildman–Crippen LogP) is 10.6. The summed E-state index contributed by atoms with van der Waals surface area (Å²) in [6.45, 7) is 4.13. The van der Waals surface area contributed by atoms with Crippen LogP contribution in [0.2, 0.25) is 0 Å². The summed E-state index contributed by atoms with van der Waals surface area (Å²) in [4.78, 5) is 0. The van der Waals surface area contributed by atoms with Crippen LogP contribution in [0, 0.1) is 23.7 Å². The van der Waals surface area contributed by atoms with E-state index in [0.29, 0.717) is 32.1 Å². The van der Waals surface area contributed by atoms with Gasteiger partial charge in [0.25, 0.3) is 5.92 Å². The molecule has 0 saturated heterocycles. The first-order valence-corrected chi connectivity index (χ1v) is 14.3. The summed E-state index contributed by atoms with van der Waals surface area (Å²) in [6.07, 6.45) is 8.66. The molecule has 2 atom stereocenters. The molecule has 206 valence electrons. The minimum Gasteiger partial charge on any atom is -0.207 e. The van der Waals surface area contributed by atoms with Crippen LogP contribution in [0.4, 0.5) is 26.3 Å². The minimum absolute atomic E-state index is 0.0373. The van der Waals surface area contributed by atoms with Gasteiger partial charge >= 0.3 is 11.8 Å². The molecule has 2 unspecified atom stereocenters. The van der Waals surface area contributed by atoms with E-state index in [1.165, 1.54) is 12.1 Å². The van der Waals surface area contributed by atoms with E-state index in [0.717, 1.165) is 62.6 Å². The molecule has 2 aliphatic carbocycles. The molecule has 0 aliphatic heterocycles. The summed E-state index contributed by atoms with van der Waals surface area (Å²) >= 11 is 0. The lowest BCUT2D eigenvalue weighted by Gasteiger charge is -2.43. The number of aryl methyl sites for hydroxylation is 1. The molecule has 0 N–H and O–H groups in total. The maximum Gasteiger partial charge on any atom is 0.335 e. The van der Waals surface area contributed by atoms with Crippen LogP contribution in [0.15, 0.2) is 24.3 Å². The fourth-order valence-corrected chi connectivity index (χ4v) is 6.51. The maximum atomic E-state index is 15.1. The fraction of sp³-hybridized carbons (Fsp3) is 0.800. The Hall–Kier alpha value is -1.20. The number of hydrogen-bond acceptors (Lipinski definition) is 0. The van der Waals surface area contributed by atoms with Crippen LogP contribution in [0.5, 0.6) is 0 Å². The summed E-state index contributed by atoms with van der Waals surface area (Å²) in [5.41, 5.74) is 0.235. The van der Waals surface area contributed by atoms with Gasteiger partial charge in [0.2, 0.25) is 0 Å². The van der Waals surface area contributed by atoms with E-state index in [1.54, 1.807) is 0 Å². The zero-order chi connectivity index (χ0) is 26.4. The van der Waals surface area contributed by atoms with Gasteiger partial charge in [0, 0.05) is 23.8 Å². The molecule has 0 radical (unpaired) electrons. The van der Waals surface area contributed by atoms with Gasteiger partial charge in [-0.3, -0.25) is 0 Å². The summed E-state index contributed by atoms with van der Waals surface area (Å²) in [6, 6.07) is 5.35. The second-order valence-electron chi connectivity index (χ2n) is 11.5. The molecule has 2 aliphatic rings. The molecular weight excluding hydrogens is 474 g/mol. The van der Waals surface area contributed by atoms with Crippen molar-refractivity contribution in [2.45, 2.75) is 128 Å². The number of rotatable bonds is 12. The van der Waals surface area contributed by atoms with Crippen molar-refractivity contribution < 1.29 is 26.3 Å². The Balaban J connectivity index is 1.56. The Kier molecular flexibility index (Phi) is 10.2. The van der Waals surface area contributed by atoms with Gasteiger partial charge in [0.05, 0.1) is 0 Å². The Morgan fingerprint density at radius 3 is 1.92 bits per heavy atom. The zero-order valence-electron chi connectivity index (χ0n) is 22.0. The van der Waals surface area contributed by atoms with Gasteiger partial charge < -0.3 is 0 Å². The maximum absolute atomic E-state index is 15.1. The zero-order valence-corrected chi connectivity index (χ0v) is 22.0. The second kappa shape index (κ2) is 12.6. The van der Waals surface area contributed by atoms with Crippen LogP contribution in [0.25, 0.3) is 0 Å². The third-order valence-electron chi connectivity index (χ3n) is 8.93. The largest absolute Gasteiger partial charge is 0.335 e. The molecule has 0 spiro atoms. The van der Waals surface area contributed by atoms with Crippen LogP contribution in [0.3, 0.4) is 0 Å². The molecule has 0 aromatic heterocycles. The molecule has 3 rings (SSSR count). The molecule has 6 heteroatoms. The van der Waals surface area contributed by atoms with Crippen molar-refractivity contribution in [3.8, 4) is 0 Å². The molecule has 0 nitrogen and oxygen atoms in total. The molecule has 2 fully saturated rings. The average molecular weight is 519 g/mol. The van der Waals surface area contributed by atoms with E-state index >= 15 is 17.6 Å². The molecule has 2 saturated carbocycles. The van der Waals surface area contributed by atoms with E-state index in [4.69, 9.17) is 0 Å². The van der Waals surface area contributed by atoms with E-state index in [-0.39, 0.29) is 31.1 Å². The Labute approximate surface area is 213 Å². The van der Waals surface area contributed by atoms with Gasteiger partial charge in [-0.15, -0.1) is 0 Å². The Morgan fingerprint density at radius 2 is 1.33 bits per heavy atom. The lowest BCUT2D eigenvalue weighted by Crippen LogP contribution is -2.46. The van der Waals surface area contributed by atoms with E-state index in [9.17, 15) is 8.78 Å². The summed E-state index contributed by atoms with van der Waals surface area (Å²) in [5, 5.41) is 0. The van der Waals surface area contributed by atoms with Crippen molar-refractivity contribution in [2.24, 2.45) is 23.7 Å². The van der Waals surface area contributed by atoms with Crippen LogP contribution in [-0.4, -0.2) is 11.8 Å². The lowest BCUT2D eigenvalue weighted by atomic mass is 9.66. The van der Waals surface area contributed by atoms with Gasteiger partial charge in [0.15, 0.2) is 0 Å². The number of unbranched alkanes of at least 4 members (excludes halogenated alkanes) is 4. The van der Waals surface area contributed by atoms with Gasteiger partial charge in [0.1, 0.15) is 0 Å².